The third-order valence-electron chi connectivity index (χ3n) is 4.43. The van der Waals surface area contributed by atoms with E-state index in [9.17, 15) is 4.79 Å². The zero-order valence-electron chi connectivity index (χ0n) is 12.5. The SMILES string of the molecule is CN(Cc1cccs1)C(=O)c1ccc2c3c(cccc13)CC2. The van der Waals surface area contributed by atoms with Gasteiger partial charge in [-0.1, -0.05) is 30.3 Å². The Bertz CT molecular complexity index is 841. The zero-order chi connectivity index (χ0) is 15.1. The molecule has 0 N–H and O–H groups in total. The van der Waals surface area contributed by atoms with E-state index in [1.54, 1.807) is 11.3 Å². The van der Waals surface area contributed by atoms with Crippen molar-refractivity contribution >= 4 is 28.0 Å². The van der Waals surface area contributed by atoms with Crippen LogP contribution in [0.1, 0.15) is 26.4 Å². The number of carbonyl (C=O) groups excluding carboxylic acids is 1. The molecule has 0 fully saturated rings. The van der Waals surface area contributed by atoms with E-state index in [-0.39, 0.29) is 5.91 Å². The average Bonchev–Trinajstić information content (AvgIpc) is 3.18. The number of nitrogens with zero attached hydrogens (tertiary/aromatic N) is 1. The first-order valence-corrected chi connectivity index (χ1v) is 8.43. The van der Waals surface area contributed by atoms with Gasteiger partial charge in [0.1, 0.15) is 0 Å². The molecule has 0 unspecified atom stereocenters. The van der Waals surface area contributed by atoms with Crippen molar-refractivity contribution < 1.29 is 4.79 Å². The Morgan fingerprint density at radius 1 is 1.09 bits per heavy atom. The summed E-state index contributed by atoms with van der Waals surface area (Å²) in [4.78, 5) is 15.9. The summed E-state index contributed by atoms with van der Waals surface area (Å²) in [7, 11) is 1.88. The molecule has 110 valence electrons. The van der Waals surface area contributed by atoms with Gasteiger partial charge in [-0.25, -0.2) is 0 Å². The van der Waals surface area contributed by atoms with Crippen LogP contribution in [0.25, 0.3) is 10.8 Å². The summed E-state index contributed by atoms with van der Waals surface area (Å²) in [6, 6.07) is 14.6. The lowest BCUT2D eigenvalue weighted by molar-refractivity contribution is 0.0788. The molecule has 0 aliphatic heterocycles. The summed E-state index contributed by atoms with van der Waals surface area (Å²) >= 11 is 1.69. The van der Waals surface area contributed by atoms with Crippen LogP contribution in [0.4, 0.5) is 0 Å². The second kappa shape index (κ2) is 5.25. The van der Waals surface area contributed by atoms with E-state index in [0.29, 0.717) is 6.54 Å². The van der Waals surface area contributed by atoms with Gasteiger partial charge >= 0.3 is 0 Å². The van der Waals surface area contributed by atoms with Crippen molar-refractivity contribution in [2.75, 3.05) is 7.05 Å². The summed E-state index contributed by atoms with van der Waals surface area (Å²) in [5.74, 6) is 0.101. The number of amides is 1. The third-order valence-corrected chi connectivity index (χ3v) is 5.29. The molecular weight excluding hydrogens is 290 g/mol. The van der Waals surface area contributed by atoms with Crippen LogP contribution in [0.3, 0.4) is 0 Å². The van der Waals surface area contributed by atoms with Crippen LogP contribution in [-0.4, -0.2) is 17.9 Å². The van der Waals surface area contributed by atoms with Gasteiger partial charge in [-0.2, -0.15) is 0 Å². The fraction of sp³-hybridized carbons (Fsp3) is 0.211. The highest BCUT2D eigenvalue weighted by molar-refractivity contribution is 7.09. The minimum atomic E-state index is 0.101. The second-order valence-corrected chi connectivity index (χ2v) is 6.88. The summed E-state index contributed by atoms with van der Waals surface area (Å²) in [6.45, 7) is 0.666. The molecule has 1 heterocycles. The predicted octanol–water partition coefficient (Wildman–Crippen LogP) is 4.27. The van der Waals surface area contributed by atoms with Crippen LogP contribution in [0, 0.1) is 0 Å². The van der Waals surface area contributed by atoms with Gasteiger partial charge in [0, 0.05) is 17.5 Å². The van der Waals surface area contributed by atoms with Crippen molar-refractivity contribution in [1.29, 1.82) is 0 Å². The summed E-state index contributed by atoms with van der Waals surface area (Å²) in [5.41, 5.74) is 3.58. The van der Waals surface area contributed by atoms with Crippen molar-refractivity contribution in [3.63, 3.8) is 0 Å². The zero-order valence-corrected chi connectivity index (χ0v) is 13.3. The maximum atomic E-state index is 12.9. The molecule has 22 heavy (non-hydrogen) atoms. The van der Waals surface area contributed by atoms with Crippen molar-refractivity contribution in [3.8, 4) is 0 Å². The summed E-state index contributed by atoms with van der Waals surface area (Å²) in [6.07, 6.45) is 2.19. The van der Waals surface area contributed by atoms with Gasteiger partial charge in [-0.15, -0.1) is 11.3 Å². The molecule has 3 heteroatoms. The number of hydrogen-bond donors (Lipinski definition) is 0. The Morgan fingerprint density at radius 3 is 2.68 bits per heavy atom. The first kappa shape index (κ1) is 13.5. The second-order valence-electron chi connectivity index (χ2n) is 5.85. The van der Waals surface area contributed by atoms with Crippen LogP contribution in [0.2, 0.25) is 0 Å². The number of thiophene rings is 1. The first-order chi connectivity index (χ1) is 10.7. The molecule has 0 atom stereocenters. The van der Waals surface area contributed by atoms with E-state index in [0.717, 1.165) is 23.8 Å². The Labute approximate surface area is 134 Å². The lowest BCUT2D eigenvalue weighted by Gasteiger charge is -2.18. The molecule has 0 saturated carbocycles. The highest BCUT2D eigenvalue weighted by Gasteiger charge is 2.20. The van der Waals surface area contributed by atoms with Crippen molar-refractivity contribution in [3.05, 3.63) is 69.4 Å². The molecule has 1 aromatic heterocycles. The molecule has 0 bridgehead atoms. The van der Waals surface area contributed by atoms with E-state index in [1.807, 2.05) is 29.5 Å². The number of aryl methyl sites for hydroxylation is 2. The minimum absolute atomic E-state index is 0.101. The molecule has 2 aromatic carbocycles. The van der Waals surface area contributed by atoms with Gasteiger partial charge in [-0.3, -0.25) is 4.79 Å². The monoisotopic (exact) mass is 307 g/mol. The van der Waals surface area contributed by atoms with E-state index in [2.05, 4.69) is 30.3 Å². The molecular formula is C19H17NOS. The Hall–Kier alpha value is -2.13. The number of hydrogen-bond acceptors (Lipinski definition) is 2. The summed E-state index contributed by atoms with van der Waals surface area (Å²) in [5, 5.41) is 4.46. The van der Waals surface area contributed by atoms with Crippen LogP contribution in [-0.2, 0) is 19.4 Å². The largest absolute Gasteiger partial charge is 0.337 e. The molecule has 3 aromatic rings. The maximum Gasteiger partial charge on any atom is 0.254 e. The van der Waals surface area contributed by atoms with Gasteiger partial charge in [0.05, 0.1) is 6.54 Å². The first-order valence-electron chi connectivity index (χ1n) is 7.55. The van der Waals surface area contributed by atoms with E-state index in [4.69, 9.17) is 0 Å². The van der Waals surface area contributed by atoms with Crippen molar-refractivity contribution in [2.24, 2.45) is 0 Å². The molecule has 0 saturated heterocycles. The molecule has 0 radical (unpaired) electrons. The standard InChI is InChI=1S/C19H17NOS/c1-20(12-15-5-3-11-22-15)19(21)17-10-9-14-8-7-13-4-2-6-16(17)18(13)14/h2-6,9-11H,7-8,12H2,1H3. The van der Waals surface area contributed by atoms with Crippen LogP contribution < -0.4 is 0 Å². The van der Waals surface area contributed by atoms with Crippen LogP contribution in [0.15, 0.2) is 47.8 Å². The van der Waals surface area contributed by atoms with Crippen LogP contribution in [0.5, 0.6) is 0 Å². The summed E-state index contributed by atoms with van der Waals surface area (Å²) < 4.78 is 0. The fourth-order valence-corrected chi connectivity index (χ4v) is 4.10. The number of benzene rings is 2. The predicted molar refractivity (Wildman–Crippen MR) is 91.5 cm³/mol. The van der Waals surface area contributed by atoms with Gasteiger partial charge in [0.25, 0.3) is 5.91 Å². The Kier molecular flexibility index (Phi) is 3.23. The highest BCUT2D eigenvalue weighted by Crippen LogP contribution is 2.33. The van der Waals surface area contributed by atoms with E-state index >= 15 is 0 Å². The van der Waals surface area contributed by atoms with Crippen molar-refractivity contribution in [1.82, 2.24) is 4.90 Å². The Balaban J connectivity index is 1.73. The molecule has 1 aliphatic rings. The Morgan fingerprint density at radius 2 is 1.91 bits per heavy atom. The van der Waals surface area contributed by atoms with E-state index in [1.165, 1.54) is 21.4 Å². The topological polar surface area (TPSA) is 20.3 Å². The van der Waals surface area contributed by atoms with Crippen LogP contribution >= 0.6 is 11.3 Å². The lowest BCUT2D eigenvalue weighted by Crippen LogP contribution is -2.26. The molecule has 1 aliphatic carbocycles. The minimum Gasteiger partial charge on any atom is -0.337 e. The number of rotatable bonds is 3. The van der Waals surface area contributed by atoms with Gasteiger partial charge in [0.15, 0.2) is 0 Å². The smallest absolute Gasteiger partial charge is 0.254 e. The quantitative estimate of drug-likeness (QED) is 0.707. The molecule has 0 spiro atoms. The highest BCUT2D eigenvalue weighted by atomic mass is 32.1. The third kappa shape index (κ3) is 2.13. The lowest BCUT2D eigenvalue weighted by atomic mass is 9.99. The molecule has 1 amide bonds. The van der Waals surface area contributed by atoms with Gasteiger partial charge < -0.3 is 4.90 Å². The van der Waals surface area contributed by atoms with Gasteiger partial charge in [0.2, 0.25) is 0 Å². The molecule has 4 rings (SSSR count). The van der Waals surface area contributed by atoms with E-state index < -0.39 is 0 Å². The maximum absolute atomic E-state index is 12.9. The van der Waals surface area contributed by atoms with Crippen molar-refractivity contribution in [2.45, 2.75) is 19.4 Å². The van der Waals surface area contributed by atoms with Gasteiger partial charge in [-0.05, 0) is 52.3 Å². The molecule has 2 nitrogen and oxygen atoms in total. The fourth-order valence-electron chi connectivity index (χ4n) is 3.35. The number of carbonyl (C=O) groups is 1. The normalized spacial score (nSPS) is 12.8. The average molecular weight is 307 g/mol.